The van der Waals surface area contributed by atoms with Gasteiger partial charge in [0.1, 0.15) is 5.15 Å². The zero-order valence-corrected chi connectivity index (χ0v) is 22.0. The molecule has 0 spiro atoms. The fraction of sp³-hybridized carbons (Fsp3) is 0.0909. The summed E-state index contributed by atoms with van der Waals surface area (Å²) in [7, 11) is -1.35. The van der Waals surface area contributed by atoms with E-state index in [0.29, 0.717) is 10.6 Å². The van der Waals surface area contributed by atoms with Gasteiger partial charge in [0.15, 0.2) is 0 Å². The van der Waals surface area contributed by atoms with E-state index in [0.717, 1.165) is 22.0 Å². The molecule has 0 bridgehead atoms. The first-order valence-corrected chi connectivity index (χ1v) is 12.6. The van der Waals surface area contributed by atoms with Crippen LogP contribution in [-0.4, -0.2) is 27.1 Å². The predicted molar refractivity (Wildman–Crippen MR) is 166 cm³/mol. The minimum absolute atomic E-state index is 0. The first kappa shape index (κ1) is 29.5. The molecule has 0 unspecified atom stereocenters. The van der Waals surface area contributed by atoms with Crippen molar-refractivity contribution in [3.63, 3.8) is 0 Å². The Labute approximate surface area is 235 Å². The van der Waals surface area contributed by atoms with Gasteiger partial charge in [0.25, 0.3) is 0 Å². The molecule has 4 aromatic carbocycles. The standard InChI is InChI=1S/C16H13N.C9H6ClN.C7H9BO2.CH4/c1-12-6-8-14(9-7-12)16-15-5-3-2-4-13(15)10-11-17-16;10-9-8-4-2-1-3-7(8)5-6-11-9;1-6-2-4-7(5-3-6)8(9)10;/h2-11H,1H3;1-6H;2-5,9-10H,1H3;1H4. The van der Waals surface area contributed by atoms with Crippen LogP contribution in [0.25, 0.3) is 32.8 Å². The van der Waals surface area contributed by atoms with Crippen LogP contribution in [0.1, 0.15) is 18.6 Å². The van der Waals surface area contributed by atoms with Gasteiger partial charge in [-0.15, -0.1) is 0 Å². The molecule has 0 saturated carbocycles. The predicted octanol–water partition coefficient (Wildman–Crippen LogP) is 7.41. The summed E-state index contributed by atoms with van der Waals surface area (Å²) < 4.78 is 0. The normalized spacial score (nSPS) is 9.97. The van der Waals surface area contributed by atoms with Crippen molar-refractivity contribution in [1.82, 2.24) is 9.97 Å². The summed E-state index contributed by atoms with van der Waals surface area (Å²) in [5.41, 5.74) is 5.15. The van der Waals surface area contributed by atoms with E-state index in [1.165, 1.54) is 21.9 Å². The van der Waals surface area contributed by atoms with Crippen molar-refractivity contribution in [2.45, 2.75) is 21.3 Å². The Morgan fingerprint density at radius 3 is 1.64 bits per heavy atom. The van der Waals surface area contributed by atoms with Crippen molar-refractivity contribution in [1.29, 1.82) is 0 Å². The van der Waals surface area contributed by atoms with Crippen LogP contribution < -0.4 is 5.46 Å². The quantitative estimate of drug-likeness (QED) is 0.179. The van der Waals surface area contributed by atoms with Gasteiger partial charge in [0.05, 0.1) is 5.69 Å². The number of hydrogen-bond acceptors (Lipinski definition) is 4. The molecule has 0 amide bonds. The number of halogens is 1. The molecule has 0 radical (unpaired) electrons. The number of hydrogen-bond donors (Lipinski definition) is 2. The smallest absolute Gasteiger partial charge is 0.423 e. The van der Waals surface area contributed by atoms with Crippen molar-refractivity contribution >= 4 is 45.7 Å². The van der Waals surface area contributed by atoms with Crippen LogP contribution in [0.5, 0.6) is 0 Å². The van der Waals surface area contributed by atoms with E-state index in [1.54, 1.807) is 18.3 Å². The van der Waals surface area contributed by atoms with Crippen molar-refractivity contribution in [2.75, 3.05) is 0 Å². The Hall–Kier alpha value is -4.03. The molecular weight excluding hydrogens is 503 g/mol. The molecule has 2 aromatic heterocycles. The highest BCUT2D eigenvalue weighted by Gasteiger charge is 2.08. The number of nitrogens with zero attached hydrogens (tertiary/aromatic N) is 2. The van der Waals surface area contributed by atoms with Gasteiger partial charge in [0, 0.05) is 28.7 Å². The molecule has 0 saturated heterocycles. The largest absolute Gasteiger partial charge is 0.488 e. The SMILES string of the molecule is C.Cc1ccc(-c2nccc3ccccc23)cc1.Cc1ccc(B(O)O)cc1.Clc1nccc2ccccc12. The average Bonchev–Trinajstić information content (AvgIpc) is 2.95. The van der Waals surface area contributed by atoms with E-state index >= 15 is 0 Å². The van der Waals surface area contributed by atoms with E-state index in [4.69, 9.17) is 21.6 Å². The lowest BCUT2D eigenvalue weighted by atomic mass is 9.80. The molecule has 196 valence electrons. The van der Waals surface area contributed by atoms with Crippen LogP contribution in [0.2, 0.25) is 5.15 Å². The number of aromatic nitrogens is 2. The van der Waals surface area contributed by atoms with E-state index in [9.17, 15) is 0 Å². The number of rotatable bonds is 2. The zero-order valence-electron chi connectivity index (χ0n) is 21.3. The summed E-state index contributed by atoms with van der Waals surface area (Å²) in [5, 5.41) is 22.5. The summed E-state index contributed by atoms with van der Waals surface area (Å²) in [6.45, 7) is 4.05. The maximum absolute atomic E-state index is 8.67. The first-order valence-electron chi connectivity index (χ1n) is 12.2. The third-order valence-corrected chi connectivity index (χ3v) is 6.30. The van der Waals surface area contributed by atoms with Gasteiger partial charge in [-0.1, -0.05) is 127 Å². The Morgan fingerprint density at radius 1 is 0.590 bits per heavy atom. The second kappa shape index (κ2) is 14.2. The Balaban J connectivity index is 0.000000168. The van der Waals surface area contributed by atoms with Gasteiger partial charge in [-0.3, -0.25) is 4.98 Å². The monoisotopic (exact) mass is 534 g/mol. The van der Waals surface area contributed by atoms with Crippen molar-refractivity contribution in [3.05, 3.63) is 138 Å². The Morgan fingerprint density at radius 2 is 1.08 bits per heavy atom. The molecule has 2 heterocycles. The zero-order chi connectivity index (χ0) is 26.9. The van der Waals surface area contributed by atoms with Crippen LogP contribution in [0, 0.1) is 13.8 Å². The molecule has 4 nitrogen and oxygen atoms in total. The summed E-state index contributed by atoms with van der Waals surface area (Å²) in [6, 6.07) is 35.8. The van der Waals surface area contributed by atoms with Gasteiger partial charge in [-0.2, -0.15) is 0 Å². The van der Waals surface area contributed by atoms with E-state index in [-0.39, 0.29) is 7.43 Å². The lowest BCUT2D eigenvalue weighted by Crippen LogP contribution is -2.29. The third kappa shape index (κ3) is 7.98. The Bertz CT molecular complexity index is 1610. The highest BCUT2D eigenvalue weighted by Crippen LogP contribution is 2.26. The molecular formula is C33H32BClN2O2. The summed E-state index contributed by atoms with van der Waals surface area (Å²) in [5.74, 6) is 0. The van der Waals surface area contributed by atoms with Crippen molar-refractivity contribution in [2.24, 2.45) is 0 Å². The maximum Gasteiger partial charge on any atom is 0.488 e. The van der Waals surface area contributed by atoms with Crippen LogP contribution in [0.3, 0.4) is 0 Å². The Kier molecular flexibility index (Phi) is 10.8. The molecule has 2 N–H and O–H groups in total. The summed E-state index contributed by atoms with van der Waals surface area (Å²) in [6.07, 6.45) is 3.59. The van der Waals surface area contributed by atoms with Crippen LogP contribution in [0.4, 0.5) is 0 Å². The minimum atomic E-state index is -1.35. The van der Waals surface area contributed by atoms with E-state index in [2.05, 4.69) is 65.4 Å². The summed E-state index contributed by atoms with van der Waals surface area (Å²) >= 11 is 5.85. The van der Waals surface area contributed by atoms with Crippen LogP contribution >= 0.6 is 11.6 Å². The fourth-order valence-electron chi connectivity index (χ4n) is 3.88. The van der Waals surface area contributed by atoms with Gasteiger partial charge >= 0.3 is 7.12 Å². The summed E-state index contributed by atoms with van der Waals surface area (Å²) in [4.78, 5) is 8.48. The van der Waals surface area contributed by atoms with Gasteiger partial charge < -0.3 is 10.0 Å². The van der Waals surface area contributed by atoms with E-state index < -0.39 is 7.12 Å². The maximum atomic E-state index is 8.67. The second-order valence-corrected chi connectivity index (χ2v) is 9.21. The highest BCUT2D eigenvalue weighted by atomic mass is 35.5. The van der Waals surface area contributed by atoms with Crippen molar-refractivity contribution in [3.8, 4) is 11.3 Å². The molecule has 6 rings (SSSR count). The topological polar surface area (TPSA) is 66.2 Å². The molecule has 0 aliphatic rings. The molecule has 6 heteroatoms. The molecule has 39 heavy (non-hydrogen) atoms. The highest BCUT2D eigenvalue weighted by molar-refractivity contribution is 6.58. The number of aryl methyl sites for hydroxylation is 2. The van der Waals surface area contributed by atoms with Gasteiger partial charge in [-0.05, 0) is 42.2 Å². The molecule has 0 aliphatic heterocycles. The number of pyridine rings is 2. The lowest BCUT2D eigenvalue weighted by Gasteiger charge is -2.05. The number of fused-ring (bicyclic) bond motifs is 2. The van der Waals surface area contributed by atoms with Gasteiger partial charge in [-0.25, -0.2) is 4.98 Å². The lowest BCUT2D eigenvalue weighted by molar-refractivity contribution is 0.426. The first-order chi connectivity index (χ1) is 18.4. The molecule has 0 aliphatic carbocycles. The molecule has 0 fully saturated rings. The third-order valence-electron chi connectivity index (χ3n) is 6.00. The molecule has 6 aromatic rings. The fourth-order valence-corrected chi connectivity index (χ4v) is 4.11. The van der Waals surface area contributed by atoms with Crippen LogP contribution in [0.15, 0.2) is 122 Å². The molecule has 0 atom stereocenters. The second-order valence-electron chi connectivity index (χ2n) is 8.85. The number of benzene rings is 4. The van der Waals surface area contributed by atoms with Gasteiger partial charge in [0.2, 0.25) is 0 Å². The van der Waals surface area contributed by atoms with Crippen LogP contribution in [-0.2, 0) is 0 Å². The average molecular weight is 535 g/mol. The van der Waals surface area contributed by atoms with Crippen molar-refractivity contribution < 1.29 is 10.0 Å². The minimum Gasteiger partial charge on any atom is -0.423 e. The van der Waals surface area contributed by atoms with E-state index in [1.807, 2.05) is 61.7 Å².